The fourth-order valence-electron chi connectivity index (χ4n) is 3.36. The van der Waals surface area contributed by atoms with Crippen LogP contribution in [-0.4, -0.2) is 27.7 Å². The molecule has 5 nitrogen and oxygen atoms in total. The Morgan fingerprint density at radius 1 is 1.25 bits per heavy atom. The van der Waals surface area contributed by atoms with Gasteiger partial charge in [0.05, 0.1) is 17.5 Å². The molecule has 2 aromatic rings. The first-order valence-corrected chi connectivity index (χ1v) is 7.14. The number of hydrogen-bond acceptors (Lipinski definition) is 4. The molecule has 0 saturated carbocycles. The van der Waals surface area contributed by atoms with Crippen LogP contribution in [0.15, 0.2) is 0 Å². The van der Waals surface area contributed by atoms with Gasteiger partial charge < -0.3 is 15.0 Å². The fourth-order valence-corrected chi connectivity index (χ4v) is 3.36. The molecule has 20 heavy (non-hydrogen) atoms. The lowest BCUT2D eigenvalue weighted by Crippen LogP contribution is -2.39. The summed E-state index contributed by atoms with van der Waals surface area (Å²) >= 11 is 0. The summed E-state index contributed by atoms with van der Waals surface area (Å²) in [6.45, 7) is 9.92. The van der Waals surface area contributed by atoms with Crippen molar-refractivity contribution in [3.8, 4) is 0 Å². The van der Waals surface area contributed by atoms with E-state index < -0.39 is 0 Å². The molecule has 3 heterocycles. The van der Waals surface area contributed by atoms with Gasteiger partial charge in [0.15, 0.2) is 0 Å². The number of ether oxygens (including phenoxy) is 1. The molecular weight excluding hydrogens is 252 g/mol. The molecule has 1 saturated heterocycles. The average Bonchev–Trinajstić information content (AvgIpc) is 2.63. The Kier molecular flexibility index (Phi) is 2.97. The van der Waals surface area contributed by atoms with Crippen molar-refractivity contribution in [2.75, 3.05) is 18.9 Å². The monoisotopic (exact) mass is 274 g/mol. The third-order valence-electron chi connectivity index (χ3n) is 4.45. The zero-order valence-electron chi connectivity index (χ0n) is 12.7. The summed E-state index contributed by atoms with van der Waals surface area (Å²) in [6, 6.07) is 0. The molecule has 0 radical (unpaired) electrons. The molecule has 1 unspecified atom stereocenters. The van der Waals surface area contributed by atoms with E-state index in [4.69, 9.17) is 10.5 Å². The van der Waals surface area contributed by atoms with Crippen LogP contribution in [0.5, 0.6) is 0 Å². The first-order chi connectivity index (χ1) is 9.44. The molecule has 3 rings (SSSR count). The second-order valence-corrected chi connectivity index (χ2v) is 6.05. The van der Waals surface area contributed by atoms with Gasteiger partial charge in [-0.05, 0) is 46.1 Å². The SMILES string of the molecule is Cc1nc(N)c2c(C)c(C)n(C3(C)CCCOC3)c2n1. The van der Waals surface area contributed by atoms with Crippen LogP contribution in [0.3, 0.4) is 0 Å². The minimum atomic E-state index is -0.0535. The molecule has 0 aromatic carbocycles. The van der Waals surface area contributed by atoms with Crippen LogP contribution in [-0.2, 0) is 10.3 Å². The Labute approximate surface area is 119 Å². The number of anilines is 1. The summed E-state index contributed by atoms with van der Waals surface area (Å²) in [5.41, 5.74) is 9.38. The molecule has 1 aliphatic rings. The molecule has 5 heteroatoms. The molecule has 2 aromatic heterocycles. The van der Waals surface area contributed by atoms with Gasteiger partial charge in [-0.15, -0.1) is 0 Å². The van der Waals surface area contributed by atoms with Crippen LogP contribution >= 0.6 is 0 Å². The maximum absolute atomic E-state index is 6.12. The predicted molar refractivity (Wildman–Crippen MR) is 79.9 cm³/mol. The highest BCUT2D eigenvalue weighted by atomic mass is 16.5. The normalized spacial score (nSPS) is 23.4. The molecule has 108 valence electrons. The highest BCUT2D eigenvalue weighted by molar-refractivity contribution is 5.91. The average molecular weight is 274 g/mol. The minimum absolute atomic E-state index is 0.0535. The lowest BCUT2D eigenvalue weighted by atomic mass is 9.94. The van der Waals surface area contributed by atoms with E-state index in [-0.39, 0.29) is 5.54 Å². The molecular formula is C15H22N4O. The predicted octanol–water partition coefficient (Wildman–Crippen LogP) is 2.46. The van der Waals surface area contributed by atoms with Crippen LogP contribution in [0, 0.1) is 20.8 Å². The standard InChI is InChI=1S/C15H22N4O/c1-9-10(2)19(15(4)6-5-7-20-8-15)14-12(9)13(16)17-11(3)18-14/h5-8H2,1-4H3,(H2,16,17,18). The summed E-state index contributed by atoms with van der Waals surface area (Å²) < 4.78 is 8.03. The van der Waals surface area contributed by atoms with E-state index in [1.165, 1.54) is 11.3 Å². The van der Waals surface area contributed by atoms with Crippen molar-refractivity contribution in [3.05, 3.63) is 17.1 Å². The van der Waals surface area contributed by atoms with E-state index in [0.29, 0.717) is 11.6 Å². The second kappa shape index (κ2) is 4.45. The summed E-state index contributed by atoms with van der Waals surface area (Å²) in [6.07, 6.45) is 2.17. The molecule has 0 aliphatic carbocycles. The van der Waals surface area contributed by atoms with Crippen LogP contribution in [0.25, 0.3) is 11.0 Å². The maximum Gasteiger partial charge on any atom is 0.146 e. The first-order valence-electron chi connectivity index (χ1n) is 7.14. The van der Waals surface area contributed by atoms with Gasteiger partial charge in [0.2, 0.25) is 0 Å². The summed E-state index contributed by atoms with van der Waals surface area (Å²) in [4.78, 5) is 8.96. The van der Waals surface area contributed by atoms with E-state index in [9.17, 15) is 0 Å². The molecule has 1 aliphatic heterocycles. The molecule has 2 N–H and O–H groups in total. The molecule has 0 bridgehead atoms. The van der Waals surface area contributed by atoms with Crippen molar-refractivity contribution in [2.45, 2.75) is 46.1 Å². The van der Waals surface area contributed by atoms with Crippen molar-refractivity contribution in [1.82, 2.24) is 14.5 Å². The van der Waals surface area contributed by atoms with Gasteiger partial charge in [0.1, 0.15) is 17.3 Å². The van der Waals surface area contributed by atoms with Gasteiger partial charge >= 0.3 is 0 Å². The number of nitrogens with two attached hydrogens (primary N) is 1. The smallest absolute Gasteiger partial charge is 0.146 e. The minimum Gasteiger partial charge on any atom is -0.383 e. The Morgan fingerprint density at radius 2 is 2.00 bits per heavy atom. The van der Waals surface area contributed by atoms with Crippen molar-refractivity contribution >= 4 is 16.9 Å². The largest absolute Gasteiger partial charge is 0.383 e. The highest BCUT2D eigenvalue weighted by Crippen LogP contribution is 2.36. The number of fused-ring (bicyclic) bond motifs is 1. The molecule has 1 atom stereocenters. The van der Waals surface area contributed by atoms with Gasteiger partial charge in [-0.1, -0.05) is 0 Å². The van der Waals surface area contributed by atoms with Gasteiger partial charge in [0.25, 0.3) is 0 Å². The van der Waals surface area contributed by atoms with Gasteiger partial charge in [0, 0.05) is 12.3 Å². The van der Waals surface area contributed by atoms with Crippen LogP contribution in [0.1, 0.15) is 36.8 Å². The third kappa shape index (κ3) is 1.80. The number of hydrogen-bond donors (Lipinski definition) is 1. The highest BCUT2D eigenvalue weighted by Gasteiger charge is 2.33. The van der Waals surface area contributed by atoms with Gasteiger partial charge in [-0.25, -0.2) is 9.97 Å². The lowest BCUT2D eigenvalue weighted by Gasteiger charge is -2.36. The molecule has 1 fully saturated rings. The van der Waals surface area contributed by atoms with E-state index in [1.807, 2.05) is 6.92 Å². The van der Waals surface area contributed by atoms with E-state index in [2.05, 4.69) is 35.3 Å². The van der Waals surface area contributed by atoms with Crippen LogP contribution in [0.4, 0.5) is 5.82 Å². The zero-order chi connectivity index (χ0) is 14.5. The zero-order valence-corrected chi connectivity index (χ0v) is 12.7. The number of nitrogen functional groups attached to an aromatic ring is 1. The number of aryl methyl sites for hydroxylation is 2. The maximum atomic E-state index is 6.12. The summed E-state index contributed by atoms with van der Waals surface area (Å²) in [7, 11) is 0. The number of aromatic nitrogens is 3. The number of nitrogens with zero attached hydrogens (tertiary/aromatic N) is 3. The van der Waals surface area contributed by atoms with Crippen LogP contribution < -0.4 is 5.73 Å². The molecule has 0 spiro atoms. The Bertz CT molecular complexity index is 668. The third-order valence-corrected chi connectivity index (χ3v) is 4.45. The van der Waals surface area contributed by atoms with E-state index in [1.54, 1.807) is 0 Å². The fraction of sp³-hybridized carbons (Fsp3) is 0.600. The van der Waals surface area contributed by atoms with Crippen molar-refractivity contribution in [3.63, 3.8) is 0 Å². The Balaban J connectivity index is 2.32. The Morgan fingerprint density at radius 3 is 2.65 bits per heavy atom. The second-order valence-electron chi connectivity index (χ2n) is 6.05. The van der Waals surface area contributed by atoms with Crippen molar-refractivity contribution in [1.29, 1.82) is 0 Å². The lowest BCUT2D eigenvalue weighted by molar-refractivity contribution is 0.0105. The van der Waals surface area contributed by atoms with Gasteiger partial charge in [-0.2, -0.15) is 0 Å². The first kappa shape index (κ1) is 13.4. The number of rotatable bonds is 1. The van der Waals surface area contributed by atoms with Gasteiger partial charge in [-0.3, -0.25) is 0 Å². The van der Waals surface area contributed by atoms with Crippen molar-refractivity contribution < 1.29 is 4.74 Å². The quantitative estimate of drug-likeness (QED) is 0.867. The summed E-state index contributed by atoms with van der Waals surface area (Å²) in [5, 5.41) is 0.986. The van der Waals surface area contributed by atoms with Crippen LogP contribution in [0.2, 0.25) is 0 Å². The summed E-state index contributed by atoms with van der Waals surface area (Å²) in [5.74, 6) is 1.29. The molecule has 0 amide bonds. The topological polar surface area (TPSA) is 66.0 Å². The van der Waals surface area contributed by atoms with E-state index >= 15 is 0 Å². The van der Waals surface area contributed by atoms with E-state index in [0.717, 1.165) is 37.1 Å². The van der Waals surface area contributed by atoms with Crippen molar-refractivity contribution in [2.24, 2.45) is 0 Å². The Hall–Kier alpha value is -1.62.